The fourth-order valence-corrected chi connectivity index (χ4v) is 4.93. The van der Waals surface area contributed by atoms with Gasteiger partial charge >= 0.3 is 12.1 Å². The molecule has 1 N–H and O–H groups in total. The summed E-state index contributed by atoms with van der Waals surface area (Å²) in [5, 5.41) is 3.12. The van der Waals surface area contributed by atoms with Crippen LogP contribution in [0.15, 0.2) is 54.6 Å². The van der Waals surface area contributed by atoms with E-state index in [1.54, 1.807) is 11.8 Å². The van der Waals surface area contributed by atoms with Crippen LogP contribution >= 0.6 is 24.0 Å². The monoisotopic (exact) mass is 454 g/mol. The van der Waals surface area contributed by atoms with Crippen LogP contribution in [0.3, 0.4) is 0 Å². The van der Waals surface area contributed by atoms with E-state index < -0.39 is 29.1 Å². The minimum atomic E-state index is -4.40. The number of nitrogens with one attached hydrogen (secondary N) is 1. The normalized spacial score (nSPS) is 18.9. The highest BCUT2D eigenvalue weighted by atomic mass is 32.2. The molecule has 1 aliphatic rings. The van der Waals surface area contributed by atoms with Crippen molar-refractivity contribution in [2.75, 3.05) is 12.4 Å². The van der Waals surface area contributed by atoms with Crippen LogP contribution in [-0.4, -0.2) is 34.4 Å². The van der Waals surface area contributed by atoms with Crippen LogP contribution in [0.5, 0.6) is 0 Å². The molecule has 0 saturated carbocycles. The van der Waals surface area contributed by atoms with Crippen LogP contribution in [0.4, 0.5) is 13.2 Å². The van der Waals surface area contributed by atoms with Gasteiger partial charge in [-0.3, -0.25) is 0 Å². The van der Waals surface area contributed by atoms with Crippen molar-refractivity contribution in [1.82, 2.24) is 10.2 Å². The van der Waals surface area contributed by atoms with Crippen LogP contribution in [0.25, 0.3) is 0 Å². The van der Waals surface area contributed by atoms with Gasteiger partial charge in [-0.05, 0) is 42.4 Å². The SMILES string of the molecule is CCOC(=O)C1CSC(c2ccc(C(F)(F)F)cc2)N1C(=S)NCc1ccccc1. The Morgan fingerprint density at radius 3 is 2.47 bits per heavy atom. The molecule has 0 bridgehead atoms. The van der Waals surface area contributed by atoms with Crippen molar-refractivity contribution in [2.24, 2.45) is 0 Å². The van der Waals surface area contributed by atoms with Gasteiger partial charge in [0.25, 0.3) is 0 Å². The fraction of sp³-hybridized carbons (Fsp3) is 0.333. The van der Waals surface area contributed by atoms with Crippen molar-refractivity contribution in [3.8, 4) is 0 Å². The van der Waals surface area contributed by atoms with Crippen molar-refractivity contribution in [1.29, 1.82) is 0 Å². The van der Waals surface area contributed by atoms with Crippen molar-refractivity contribution in [2.45, 2.75) is 31.1 Å². The van der Waals surface area contributed by atoms with Gasteiger partial charge in [-0.25, -0.2) is 4.79 Å². The number of nitrogens with zero attached hydrogens (tertiary/aromatic N) is 1. The highest BCUT2D eigenvalue weighted by molar-refractivity contribution is 7.99. The van der Waals surface area contributed by atoms with E-state index in [0.717, 1.165) is 17.7 Å². The van der Waals surface area contributed by atoms with Crippen LogP contribution in [-0.2, 0) is 22.3 Å². The zero-order valence-corrected chi connectivity index (χ0v) is 17.8. The number of carbonyl (C=O) groups is 1. The number of hydrogen-bond donors (Lipinski definition) is 1. The Balaban J connectivity index is 1.82. The standard InChI is InChI=1S/C21H21F3N2O2S2/c1-2-28-19(27)17-13-30-18(15-8-10-16(11-9-15)21(22,23)24)26(17)20(29)25-12-14-6-4-3-5-7-14/h3-11,17-18H,2,12-13H2,1H3,(H,25,29). The molecule has 2 aromatic rings. The van der Waals surface area contributed by atoms with E-state index in [2.05, 4.69) is 5.32 Å². The summed E-state index contributed by atoms with van der Waals surface area (Å²) in [7, 11) is 0. The largest absolute Gasteiger partial charge is 0.464 e. The molecule has 0 amide bonds. The third-order valence-corrected chi connectivity index (χ3v) is 6.28. The average Bonchev–Trinajstić information content (AvgIpc) is 3.18. The van der Waals surface area contributed by atoms with Gasteiger partial charge in [0.2, 0.25) is 0 Å². The number of hydrogen-bond acceptors (Lipinski definition) is 4. The van der Waals surface area contributed by atoms with Crippen LogP contribution < -0.4 is 5.32 Å². The molecule has 30 heavy (non-hydrogen) atoms. The summed E-state index contributed by atoms with van der Waals surface area (Å²) < 4.78 is 43.9. The summed E-state index contributed by atoms with van der Waals surface area (Å²) in [6.45, 7) is 2.43. The highest BCUT2D eigenvalue weighted by Gasteiger charge is 2.42. The van der Waals surface area contributed by atoms with Crippen LogP contribution in [0.2, 0.25) is 0 Å². The van der Waals surface area contributed by atoms with E-state index in [9.17, 15) is 18.0 Å². The number of rotatable bonds is 5. The Bertz CT molecular complexity index is 876. The molecule has 0 aromatic heterocycles. The van der Waals surface area contributed by atoms with Gasteiger partial charge in [-0.15, -0.1) is 11.8 Å². The minimum Gasteiger partial charge on any atom is -0.464 e. The van der Waals surface area contributed by atoms with E-state index in [1.165, 1.54) is 23.9 Å². The lowest BCUT2D eigenvalue weighted by molar-refractivity contribution is -0.147. The number of thioether (sulfide) groups is 1. The molecule has 0 aliphatic carbocycles. The Morgan fingerprint density at radius 1 is 1.20 bits per heavy atom. The minimum absolute atomic E-state index is 0.239. The Labute approximate surface area is 182 Å². The van der Waals surface area contributed by atoms with Crippen molar-refractivity contribution >= 4 is 35.1 Å². The van der Waals surface area contributed by atoms with Gasteiger partial charge in [0.1, 0.15) is 11.4 Å². The smallest absolute Gasteiger partial charge is 0.416 e. The highest BCUT2D eigenvalue weighted by Crippen LogP contribution is 2.42. The first-order chi connectivity index (χ1) is 14.3. The maximum Gasteiger partial charge on any atom is 0.416 e. The van der Waals surface area contributed by atoms with E-state index in [4.69, 9.17) is 17.0 Å². The Kier molecular flexibility index (Phi) is 7.25. The molecule has 3 rings (SSSR count). The van der Waals surface area contributed by atoms with E-state index >= 15 is 0 Å². The first-order valence-corrected chi connectivity index (χ1v) is 10.8. The molecule has 160 valence electrons. The first kappa shape index (κ1) is 22.4. The number of ether oxygens (including phenoxy) is 1. The third kappa shape index (κ3) is 5.26. The molecule has 0 spiro atoms. The van der Waals surface area contributed by atoms with E-state index in [-0.39, 0.29) is 6.61 Å². The number of thiocarbonyl (C=S) groups is 1. The number of carbonyl (C=O) groups excluding carboxylic acids is 1. The van der Waals surface area contributed by atoms with Gasteiger partial charge in [0.05, 0.1) is 12.2 Å². The lowest BCUT2D eigenvalue weighted by atomic mass is 10.1. The lowest BCUT2D eigenvalue weighted by Gasteiger charge is -2.31. The Hall–Kier alpha value is -2.26. The number of alkyl halides is 3. The van der Waals surface area contributed by atoms with E-state index in [0.29, 0.717) is 23.0 Å². The van der Waals surface area contributed by atoms with Crippen molar-refractivity contribution in [3.05, 3.63) is 71.3 Å². The molecule has 1 fully saturated rings. The second kappa shape index (κ2) is 9.70. The van der Waals surface area contributed by atoms with Crippen LogP contribution in [0, 0.1) is 0 Å². The molecule has 1 aliphatic heterocycles. The molecule has 2 unspecified atom stereocenters. The summed E-state index contributed by atoms with van der Waals surface area (Å²) in [4.78, 5) is 14.2. The van der Waals surface area contributed by atoms with E-state index in [1.807, 2.05) is 30.3 Å². The molecular weight excluding hydrogens is 433 g/mol. The molecule has 9 heteroatoms. The molecule has 2 aromatic carbocycles. The second-order valence-corrected chi connectivity index (χ2v) is 8.12. The topological polar surface area (TPSA) is 41.6 Å². The van der Waals surface area contributed by atoms with Crippen molar-refractivity contribution < 1.29 is 22.7 Å². The van der Waals surface area contributed by atoms with Gasteiger partial charge in [-0.1, -0.05) is 42.5 Å². The average molecular weight is 455 g/mol. The summed E-state index contributed by atoms with van der Waals surface area (Å²) in [5.74, 6) is 0.0285. The van der Waals surface area contributed by atoms with Gasteiger partial charge in [-0.2, -0.15) is 13.2 Å². The molecular formula is C21H21F3N2O2S2. The third-order valence-electron chi connectivity index (χ3n) is 4.60. The Morgan fingerprint density at radius 2 is 1.87 bits per heavy atom. The fourth-order valence-electron chi connectivity index (χ4n) is 3.13. The first-order valence-electron chi connectivity index (χ1n) is 9.36. The molecule has 4 nitrogen and oxygen atoms in total. The summed E-state index contributed by atoms with van der Waals surface area (Å²) in [6.07, 6.45) is -4.40. The number of esters is 1. The van der Waals surface area contributed by atoms with Crippen molar-refractivity contribution in [3.63, 3.8) is 0 Å². The van der Waals surface area contributed by atoms with Gasteiger partial charge in [0.15, 0.2) is 5.11 Å². The number of halogens is 3. The maximum atomic E-state index is 12.9. The van der Waals surface area contributed by atoms with Gasteiger partial charge < -0.3 is 15.0 Å². The predicted molar refractivity (Wildman–Crippen MR) is 115 cm³/mol. The summed E-state index contributed by atoms with van der Waals surface area (Å²) >= 11 is 7.01. The quantitative estimate of drug-likeness (QED) is 0.519. The summed E-state index contributed by atoms with van der Waals surface area (Å²) in [5.41, 5.74) is 0.946. The van der Waals surface area contributed by atoms with Gasteiger partial charge in [0, 0.05) is 12.3 Å². The zero-order chi connectivity index (χ0) is 21.7. The second-order valence-electron chi connectivity index (χ2n) is 6.62. The number of benzene rings is 2. The predicted octanol–water partition coefficient (Wildman–Crippen LogP) is 4.76. The van der Waals surface area contributed by atoms with Crippen LogP contribution in [0.1, 0.15) is 29.0 Å². The maximum absolute atomic E-state index is 12.9. The summed E-state index contributed by atoms with van der Waals surface area (Å²) in [6, 6.07) is 14.0. The lowest BCUT2D eigenvalue weighted by Crippen LogP contribution is -2.48. The molecule has 1 saturated heterocycles. The zero-order valence-electron chi connectivity index (χ0n) is 16.2. The molecule has 1 heterocycles. The molecule has 0 radical (unpaired) electrons. The molecule has 2 atom stereocenters.